The van der Waals surface area contributed by atoms with E-state index >= 15 is 0 Å². The van der Waals surface area contributed by atoms with Gasteiger partial charge in [0.25, 0.3) is 0 Å². The predicted molar refractivity (Wildman–Crippen MR) is 117 cm³/mol. The van der Waals surface area contributed by atoms with Gasteiger partial charge in [-0.05, 0) is 36.6 Å². The van der Waals surface area contributed by atoms with E-state index in [0.29, 0.717) is 12.1 Å². The minimum Gasteiger partial charge on any atom is -0.379 e. The Morgan fingerprint density at radius 3 is 2.90 bits per heavy atom. The highest BCUT2D eigenvalue weighted by Gasteiger charge is 2.23. The van der Waals surface area contributed by atoms with Crippen molar-refractivity contribution in [1.82, 2.24) is 9.88 Å². The van der Waals surface area contributed by atoms with E-state index < -0.39 is 0 Å². The number of fused-ring (bicyclic) bond motifs is 1. The van der Waals surface area contributed by atoms with Crippen LogP contribution in [-0.4, -0.2) is 28.9 Å². The number of benzene rings is 2. The minimum absolute atomic E-state index is 0.0482. The Balaban J connectivity index is 1.48. The topological polar surface area (TPSA) is 95.0 Å². The molecule has 1 atom stereocenters. The van der Waals surface area contributed by atoms with Gasteiger partial charge in [0, 0.05) is 31.2 Å². The van der Waals surface area contributed by atoms with Crippen molar-refractivity contribution in [1.29, 1.82) is 5.26 Å². The molecule has 0 bridgehead atoms. The molecule has 6 nitrogen and oxygen atoms in total. The highest BCUT2D eigenvalue weighted by atomic mass is 16.1. The van der Waals surface area contributed by atoms with Crippen molar-refractivity contribution in [2.45, 2.75) is 25.9 Å². The number of nitrogens with two attached hydrogens (primary N) is 1. The van der Waals surface area contributed by atoms with Gasteiger partial charge in [0.1, 0.15) is 6.07 Å². The van der Waals surface area contributed by atoms with Crippen molar-refractivity contribution in [2.24, 2.45) is 11.7 Å². The number of piperidine rings is 1. The lowest BCUT2D eigenvalue weighted by Gasteiger charge is -2.31. The molecule has 1 saturated heterocycles. The van der Waals surface area contributed by atoms with Gasteiger partial charge >= 0.3 is 0 Å². The SMILES string of the molecule is N#Cc1cnc2ccccc2c1NCc1cccc(CN2CCCC(C(N)=O)C2)c1. The molecule has 6 heteroatoms. The summed E-state index contributed by atoms with van der Waals surface area (Å²) in [6.45, 7) is 3.13. The van der Waals surface area contributed by atoms with Gasteiger partial charge in [0.2, 0.25) is 5.91 Å². The van der Waals surface area contributed by atoms with Crippen molar-refractivity contribution in [3.8, 4) is 6.07 Å². The van der Waals surface area contributed by atoms with E-state index in [2.05, 4.69) is 45.5 Å². The summed E-state index contributed by atoms with van der Waals surface area (Å²) in [6.07, 6.45) is 3.50. The van der Waals surface area contributed by atoms with Crippen LogP contribution in [0.5, 0.6) is 0 Å². The Bertz CT molecular complexity index is 1100. The maximum absolute atomic E-state index is 11.5. The summed E-state index contributed by atoms with van der Waals surface area (Å²) >= 11 is 0. The van der Waals surface area contributed by atoms with E-state index in [9.17, 15) is 10.1 Å². The van der Waals surface area contributed by atoms with Gasteiger partial charge in [-0.2, -0.15) is 5.26 Å². The van der Waals surface area contributed by atoms with E-state index in [1.165, 1.54) is 5.56 Å². The van der Waals surface area contributed by atoms with Crippen LogP contribution in [0.25, 0.3) is 10.9 Å². The van der Waals surface area contributed by atoms with Gasteiger partial charge in [-0.3, -0.25) is 14.7 Å². The molecule has 1 aromatic heterocycles. The molecule has 0 radical (unpaired) electrons. The van der Waals surface area contributed by atoms with Crippen LogP contribution in [0.15, 0.2) is 54.7 Å². The van der Waals surface area contributed by atoms with Gasteiger partial charge < -0.3 is 11.1 Å². The number of likely N-dealkylation sites (tertiary alicyclic amines) is 1. The summed E-state index contributed by atoms with van der Waals surface area (Å²) in [5.74, 6) is -0.247. The zero-order valence-corrected chi connectivity index (χ0v) is 16.8. The lowest BCUT2D eigenvalue weighted by Crippen LogP contribution is -2.40. The standard InChI is InChI=1S/C24H25N5O/c25-12-20-14-27-22-9-2-1-8-21(22)23(20)28-13-17-5-3-6-18(11-17)15-29-10-4-7-19(16-29)24(26)30/h1-3,5-6,8-9,11,14,19H,4,7,10,13,15-16H2,(H2,26,30)(H,27,28). The number of amides is 1. The van der Waals surface area contributed by atoms with E-state index in [1.54, 1.807) is 6.20 Å². The van der Waals surface area contributed by atoms with Crippen LogP contribution in [0.2, 0.25) is 0 Å². The number of primary amides is 1. The molecule has 1 fully saturated rings. The van der Waals surface area contributed by atoms with Crippen molar-refractivity contribution < 1.29 is 4.79 Å². The summed E-state index contributed by atoms with van der Waals surface area (Å²) in [4.78, 5) is 18.2. The first-order valence-corrected chi connectivity index (χ1v) is 10.3. The number of hydrogen-bond acceptors (Lipinski definition) is 5. The van der Waals surface area contributed by atoms with E-state index in [-0.39, 0.29) is 11.8 Å². The average molecular weight is 399 g/mol. The lowest BCUT2D eigenvalue weighted by molar-refractivity contribution is -0.123. The highest BCUT2D eigenvalue weighted by molar-refractivity contribution is 5.93. The molecular weight excluding hydrogens is 374 g/mol. The number of nitriles is 1. The molecular formula is C24H25N5O. The molecule has 30 heavy (non-hydrogen) atoms. The molecule has 1 amide bonds. The fourth-order valence-corrected chi connectivity index (χ4v) is 4.13. The van der Waals surface area contributed by atoms with Crippen molar-refractivity contribution >= 4 is 22.5 Å². The number of aromatic nitrogens is 1. The fourth-order valence-electron chi connectivity index (χ4n) is 4.13. The summed E-state index contributed by atoms with van der Waals surface area (Å²) in [5, 5.41) is 13.9. The average Bonchev–Trinajstić information content (AvgIpc) is 2.77. The summed E-state index contributed by atoms with van der Waals surface area (Å²) in [5.41, 5.74) is 10.1. The summed E-state index contributed by atoms with van der Waals surface area (Å²) in [6, 6.07) is 18.5. The van der Waals surface area contributed by atoms with Crippen molar-refractivity contribution in [3.63, 3.8) is 0 Å². The predicted octanol–water partition coefficient (Wildman–Crippen LogP) is 3.42. The molecule has 0 aliphatic carbocycles. The second kappa shape index (κ2) is 8.93. The van der Waals surface area contributed by atoms with Crippen LogP contribution >= 0.6 is 0 Å². The largest absolute Gasteiger partial charge is 0.379 e. The fraction of sp³-hybridized carbons (Fsp3) is 0.292. The van der Waals surface area contributed by atoms with Gasteiger partial charge in [-0.15, -0.1) is 0 Å². The maximum atomic E-state index is 11.5. The lowest BCUT2D eigenvalue weighted by atomic mass is 9.97. The molecule has 3 aromatic rings. The van der Waals surface area contributed by atoms with Gasteiger partial charge in [-0.1, -0.05) is 42.5 Å². The van der Waals surface area contributed by atoms with Crippen molar-refractivity contribution in [3.05, 3.63) is 71.4 Å². The molecule has 2 aromatic carbocycles. The number of nitrogens with zero attached hydrogens (tertiary/aromatic N) is 3. The van der Waals surface area contributed by atoms with E-state index in [4.69, 9.17) is 5.73 Å². The third kappa shape index (κ3) is 4.42. The Hall–Kier alpha value is -3.43. The molecule has 0 saturated carbocycles. The van der Waals surface area contributed by atoms with Crippen LogP contribution in [0.4, 0.5) is 5.69 Å². The quantitative estimate of drug-likeness (QED) is 0.662. The molecule has 4 rings (SSSR count). The van der Waals surface area contributed by atoms with Crippen LogP contribution in [-0.2, 0) is 17.9 Å². The highest BCUT2D eigenvalue weighted by Crippen LogP contribution is 2.26. The second-order valence-corrected chi connectivity index (χ2v) is 7.83. The molecule has 2 heterocycles. The normalized spacial score (nSPS) is 16.8. The molecule has 152 valence electrons. The van der Waals surface area contributed by atoms with Crippen LogP contribution in [0, 0.1) is 17.2 Å². The van der Waals surface area contributed by atoms with Gasteiger partial charge in [-0.25, -0.2) is 0 Å². The molecule has 0 spiro atoms. The van der Waals surface area contributed by atoms with Crippen molar-refractivity contribution in [2.75, 3.05) is 18.4 Å². The maximum Gasteiger partial charge on any atom is 0.221 e. The number of rotatable bonds is 6. The molecule has 3 N–H and O–H groups in total. The Kier molecular flexibility index (Phi) is 5.92. The molecule has 1 aliphatic rings. The zero-order chi connectivity index (χ0) is 20.9. The zero-order valence-electron chi connectivity index (χ0n) is 16.8. The first-order chi connectivity index (χ1) is 14.6. The summed E-state index contributed by atoms with van der Waals surface area (Å²) in [7, 11) is 0. The smallest absolute Gasteiger partial charge is 0.221 e. The number of para-hydroxylation sites is 1. The van der Waals surface area contributed by atoms with E-state index in [1.807, 2.05) is 24.3 Å². The number of carbonyl (C=O) groups is 1. The monoisotopic (exact) mass is 399 g/mol. The second-order valence-electron chi connectivity index (χ2n) is 7.83. The Morgan fingerprint density at radius 2 is 2.07 bits per heavy atom. The van der Waals surface area contributed by atoms with Gasteiger partial charge in [0.05, 0.1) is 22.7 Å². The molecule has 1 unspecified atom stereocenters. The number of pyridine rings is 1. The number of anilines is 1. The number of carbonyl (C=O) groups excluding carboxylic acids is 1. The van der Waals surface area contributed by atoms with Crippen LogP contribution < -0.4 is 11.1 Å². The minimum atomic E-state index is -0.199. The van der Waals surface area contributed by atoms with Crippen LogP contribution in [0.1, 0.15) is 29.5 Å². The molecule has 1 aliphatic heterocycles. The van der Waals surface area contributed by atoms with Crippen LogP contribution in [0.3, 0.4) is 0 Å². The Labute approximate surface area is 176 Å². The Morgan fingerprint density at radius 1 is 1.23 bits per heavy atom. The third-order valence-corrected chi connectivity index (χ3v) is 5.67. The van der Waals surface area contributed by atoms with Gasteiger partial charge in [0.15, 0.2) is 0 Å². The first-order valence-electron chi connectivity index (χ1n) is 10.3. The summed E-state index contributed by atoms with van der Waals surface area (Å²) < 4.78 is 0. The number of nitrogens with one attached hydrogen (secondary N) is 1. The third-order valence-electron chi connectivity index (χ3n) is 5.67. The first kappa shape index (κ1) is 19.9. The van der Waals surface area contributed by atoms with E-state index in [0.717, 1.165) is 54.6 Å². The number of hydrogen-bond donors (Lipinski definition) is 2.